The SMILES string of the molecule is CC(C)c1ccc(C(=N)[C@@H](C)N(C(=O)[C@H]2CNCCO2)C2CC2)c(NCCCN)n1. The van der Waals surface area contributed by atoms with E-state index in [2.05, 4.69) is 24.5 Å². The van der Waals surface area contributed by atoms with Crippen LogP contribution in [-0.4, -0.2) is 72.5 Å². The summed E-state index contributed by atoms with van der Waals surface area (Å²) >= 11 is 0. The fraction of sp³-hybridized carbons (Fsp3) is 0.682. The van der Waals surface area contributed by atoms with Crippen LogP contribution in [0.4, 0.5) is 5.82 Å². The fourth-order valence-corrected chi connectivity index (χ4v) is 3.75. The van der Waals surface area contributed by atoms with Gasteiger partial charge < -0.3 is 31.4 Å². The highest BCUT2D eigenvalue weighted by molar-refractivity contribution is 6.07. The van der Waals surface area contributed by atoms with Crippen molar-refractivity contribution >= 4 is 17.4 Å². The maximum Gasteiger partial charge on any atom is 0.253 e. The monoisotopic (exact) mass is 416 g/mol. The second-order valence-corrected chi connectivity index (χ2v) is 8.49. The van der Waals surface area contributed by atoms with E-state index in [1.807, 2.05) is 24.0 Å². The third-order valence-electron chi connectivity index (χ3n) is 5.70. The molecule has 0 radical (unpaired) electrons. The Kier molecular flexibility index (Phi) is 7.80. The lowest BCUT2D eigenvalue weighted by Gasteiger charge is -2.34. The molecule has 0 bridgehead atoms. The normalized spacial score (nSPS) is 20.1. The van der Waals surface area contributed by atoms with Crippen LogP contribution in [-0.2, 0) is 9.53 Å². The van der Waals surface area contributed by atoms with Crippen LogP contribution < -0.4 is 16.4 Å². The summed E-state index contributed by atoms with van der Waals surface area (Å²) in [6, 6.07) is 3.78. The Morgan fingerprint density at radius 3 is 2.77 bits per heavy atom. The van der Waals surface area contributed by atoms with Gasteiger partial charge in [0.05, 0.1) is 18.4 Å². The van der Waals surface area contributed by atoms with Crippen molar-refractivity contribution in [3.05, 3.63) is 23.4 Å². The van der Waals surface area contributed by atoms with Crippen LogP contribution >= 0.6 is 0 Å². The molecule has 2 aliphatic rings. The van der Waals surface area contributed by atoms with E-state index in [9.17, 15) is 4.79 Å². The summed E-state index contributed by atoms with van der Waals surface area (Å²) in [5.41, 5.74) is 7.76. The Morgan fingerprint density at radius 1 is 1.40 bits per heavy atom. The smallest absolute Gasteiger partial charge is 0.253 e. The number of ether oxygens (including phenoxy) is 1. The number of carbonyl (C=O) groups is 1. The largest absolute Gasteiger partial charge is 0.369 e. The molecule has 1 aromatic rings. The number of amides is 1. The number of nitrogens with zero attached hydrogens (tertiary/aromatic N) is 2. The van der Waals surface area contributed by atoms with Gasteiger partial charge in [0, 0.05) is 36.9 Å². The Hall–Kier alpha value is -2.03. The molecule has 0 aromatic carbocycles. The first-order valence-corrected chi connectivity index (χ1v) is 11.1. The van der Waals surface area contributed by atoms with Crippen LogP contribution in [0.25, 0.3) is 0 Å². The zero-order chi connectivity index (χ0) is 21.7. The molecule has 1 aliphatic heterocycles. The predicted molar refractivity (Wildman–Crippen MR) is 119 cm³/mol. The summed E-state index contributed by atoms with van der Waals surface area (Å²) < 4.78 is 5.70. The van der Waals surface area contributed by atoms with Crippen molar-refractivity contribution in [1.29, 1.82) is 5.41 Å². The Balaban J connectivity index is 1.82. The van der Waals surface area contributed by atoms with Gasteiger partial charge >= 0.3 is 0 Å². The van der Waals surface area contributed by atoms with Crippen molar-refractivity contribution in [3.8, 4) is 0 Å². The predicted octanol–water partition coefficient (Wildman–Crippen LogP) is 1.70. The molecule has 1 aromatic heterocycles. The first-order chi connectivity index (χ1) is 14.4. The summed E-state index contributed by atoms with van der Waals surface area (Å²) in [4.78, 5) is 19.8. The van der Waals surface area contributed by atoms with Crippen LogP contribution in [0.2, 0.25) is 0 Å². The molecule has 5 N–H and O–H groups in total. The molecule has 0 unspecified atom stereocenters. The summed E-state index contributed by atoms with van der Waals surface area (Å²) in [5, 5.41) is 15.5. The molecule has 8 heteroatoms. The highest BCUT2D eigenvalue weighted by atomic mass is 16.5. The van der Waals surface area contributed by atoms with E-state index in [1.165, 1.54) is 0 Å². The second kappa shape index (κ2) is 10.3. The molecule has 1 saturated heterocycles. The van der Waals surface area contributed by atoms with E-state index in [0.717, 1.165) is 37.1 Å². The van der Waals surface area contributed by atoms with Crippen molar-refractivity contribution in [2.45, 2.75) is 64.1 Å². The average molecular weight is 417 g/mol. The Morgan fingerprint density at radius 2 is 2.17 bits per heavy atom. The zero-order valence-electron chi connectivity index (χ0n) is 18.4. The molecular formula is C22H36N6O2. The first kappa shape index (κ1) is 22.7. The van der Waals surface area contributed by atoms with Gasteiger partial charge in [0.15, 0.2) is 0 Å². The molecular weight excluding hydrogens is 380 g/mol. The van der Waals surface area contributed by atoms with Gasteiger partial charge in [-0.15, -0.1) is 0 Å². The van der Waals surface area contributed by atoms with Crippen LogP contribution in [0.3, 0.4) is 0 Å². The third-order valence-corrected chi connectivity index (χ3v) is 5.70. The molecule has 1 amide bonds. The number of hydrogen-bond acceptors (Lipinski definition) is 7. The third kappa shape index (κ3) is 5.36. The summed E-state index contributed by atoms with van der Waals surface area (Å²) in [6.45, 7) is 9.27. The lowest BCUT2D eigenvalue weighted by atomic mass is 10.0. The van der Waals surface area contributed by atoms with E-state index < -0.39 is 6.10 Å². The Labute approximate surface area is 179 Å². The molecule has 2 atom stereocenters. The molecule has 30 heavy (non-hydrogen) atoms. The molecule has 8 nitrogen and oxygen atoms in total. The van der Waals surface area contributed by atoms with Gasteiger partial charge in [0.1, 0.15) is 11.9 Å². The molecule has 1 saturated carbocycles. The number of carbonyl (C=O) groups excluding carboxylic acids is 1. The molecule has 3 rings (SSSR count). The highest BCUT2D eigenvalue weighted by Gasteiger charge is 2.41. The maximum atomic E-state index is 13.2. The van der Waals surface area contributed by atoms with E-state index in [1.54, 1.807) is 0 Å². The van der Waals surface area contributed by atoms with Gasteiger partial charge in [-0.2, -0.15) is 0 Å². The zero-order valence-corrected chi connectivity index (χ0v) is 18.4. The topological polar surface area (TPSA) is 116 Å². The van der Waals surface area contributed by atoms with Gasteiger partial charge in [-0.1, -0.05) is 13.8 Å². The minimum absolute atomic E-state index is 0.0219. The second-order valence-electron chi connectivity index (χ2n) is 8.49. The average Bonchev–Trinajstić information content (AvgIpc) is 3.59. The lowest BCUT2D eigenvalue weighted by Crippen LogP contribution is -2.54. The van der Waals surface area contributed by atoms with E-state index >= 15 is 0 Å². The van der Waals surface area contributed by atoms with Gasteiger partial charge in [0.25, 0.3) is 5.91 Å². The minimum atomic E-state index is -0.474. The molecule has 1 aliphatic carbocycles. The van der Waals surface area contributed by atoms with Crippen molar-refractivity contribution in [2.24, 2.45) is 5.73 Å². The Bertz CT molecular complexity index is 743. The molecule has 0 spiro atoms. The number of nitrogens with one attached hydrogen (secondary N) is 3. The molecule has 2 fully saturated rings. The van der Waals surface area contributed by atoms with Gasteiger partial charge in [-0.3, -0.25) is 4.79 Å². The van der Waals surface area contributed by atoms with Crippen molar-refractivity contribution in [2.75, 3.05) is 38.1 Å². The molecule has 166 valence electrons. The number of hydrogen-bond donors (Lipinski definition) is 4. The number of rotatable bonds is 10. The van der Waals surface area contributed by atoms with Crippen LogP contribution in [0.15, 0.2) is 12.1 Å². The first-order valence-electron chi connectivity index (χ1n) is 11.1. The van der Waals surface area contributed by atoms with Crippen molar-refractivity contribution in [3.63, 3.8) is 0 Å². The van der Waals surface area contributed by atoms with Gasteiger partial charge in [-0.25, -0.2) is 4.98 Å². The summed E-state index contributed by atoms with van der Waals surface area (Å²) in [5.74, 6) is 0.970. The van der Waals surface area contributed by atoms with Crippen molar-refractivity contribution < 1.29 is 9.53 Å². The minimum Gasteiger partial charge on any atom is -0.369 e. The summed E-state index contributed by atoms with van der Waals surface area (Å²) in [7, 11) is 0. The number of nitrogens with two attached hydrogens (primary N) is 1. The summed E-state index contributed by atoms with van der Waals surface area (Å²) in [6.07, 6.45) is 2.32. The number of morpholine rings is 1. The lowest BCUT2D eigenvalue weighted by molar-refractivity contribution is -0.146. The van der Waals surface area contributed by atoms with Crippen LogP contribution in [0.1, 0.15) is 57.2 Å². The van der Waals surface area contributed by atoms with Gasteiger partial charge in [-0.05, 0) is 50.8 Å². The van der Waals surface area contributed by atoms with E-state index in [4.69, 9.17) is 20.9 Å². The van der Waals surface area contributed by atoms with Crippen molar-refractivity contribution in [1.82, 2.24) is 15.2 Å². The number of anilines is 1. The highest BCUT2D eigenvalue weighted by Crippen LogP contribution is 2.31. The quantitative estimate of drug-likeness (QED) is 0.341. The standard InChI is InChI=1S/C22H36N6O2/c1-14(2)18-8-7-17(21(27-18)26-10-4-9-23)20(24)15(3)28(16-5-6-16)22(29)19-13-25-11-12-30-19/h7-8,14-16,19,24-25H,4-6,9-13,23H2,1-3H3,(H,26,27)/t15-,19-/m1/s1. The fourth-order valence-electron chi connectivity index (χ4n) is 3.75. The number of aromatic nitrogens is 1. The number of pyridine rings is 1. The maximum absolute atomic E-state index is 13.2. The molecule has 2 heterocycles. The van der Waals surface area contributed by atoms with E-state index in [0.29, 0.717) is 43.7 Å². The van der Waals surface area contributed by atoms with Crippen LogP contribution in [0.5, 0.6) is 0 Å². The van der Waals surface area contributed by atoms with Gasteiger partial charge in [0.2, 0.25) is 0 Å². The van der Waals surface area contributed by atoms with Crippen LogP contribution in [0, 0.1) is 5.41 Å². The van der Waals surface area contributed by atoms with E-state index in [-0.39, 0.29) is 18.0 Å².